The van der Waals surface area contributed by atoms with Gasteiger partial charge in [0.25, 0.3) is 0 Å². The highest BCUT2D eigenvalue weighted by Crippen LogP contribution is 2.16. The lowest BCUT2D eigenvalue weighted by Gasteiger charge is -2.05. The minimum Gasteiger partial charge on any atom is -0.308 e. The number of hydrogen-bond acceptors (Lipinski definition) is 4. The van der Waals surface area contributed by atoms with Crippen LogP contribution in [0, 0.1) is 20.8 Å². The van der Waals surface area contributed by atoms with Gasteiger partial charge in [-0.1, -0.05) is 6.07 Å². The van der Waals surface area contributed by atoms with Crippen LogP contribution in [0.1, 0.15) is 17.0 Å². The van der Waals surface area contributed by atoms with Crippen molar-refractivity contribution in [1.82, 2.24) is 14.8 Å². The molecule has 0 spiro atoms. The maximum Gasteiger partial charge on any atom is 0.156 e. The predicted octanol–water partition coefficient (Wildman–Crippen LogP) is 1.48. The van der Waals surface area contributed by atoms with Gasteiger partial charge in [-0.3, -0.25) is 0 Å². The molecule has 16 heavy (non-hydrogen) atoms. The van der Waals surface area contributed by atoms with Gasteiger partial charge in [-0.25, -0.2) is 15.5 Å². The molecule has 0 aliphatic heterocycles. The standard InChI is InChI=1S/C11H15N5/c1-7-8(2)15-16(9(7)3)11-6-4-5-10(13-11)14-12/h4-6H,12H2,1-3H3,(H,13,14). The van der Waals surface area contributed by atoms with E-state index in [9.17, 15) is 0 Å². The molecule has 0 aliphatic rings. The Hall–Kier alpha value is -1.88. The lowest BCUT2D eigenvalue weighted by Crippen LogP contribution is -2.10. The lowest BCUT2D eigenvalue weighted by molar-refractivity contribution is 0.806. The van der Waals surface area contributed by atoms with Gasteiger partial charge < -0.3 is 5.43 Å². The van der Waals surface area contributed by atoms with Crippen molar-refractivity contribution in [3.05, 3.63) is 35.2 Å². The molecule has 5 nitrogen and oxygen atoms in total. The van der Waals surface area contributed by atoms with E-state index in [1.54, 1.807) is 0 Å². The molecule has 0 unspecified atom stereocenters. The van der Waals surface area contributed by atoms with Crippen molar-refractivity contribution in [2.75, 3.05) is 5.43 Å². The average Bonchev–Trinajstić information content (AvgIpc) is 2.57. The highest BCUT2D eigenvalue weighted by atomic mass is 15.3. The van der Waals surface area contributed by atoms with Crippen molar-refractivity contribution < 1.29 is 0 Å². The zero-order chi connectivity index (χ0) is 11.7. The van der Waals surface area contributed by atoms with Gasteiger partial charge in [-0.15, -0.1) is 0 Å². The number of anilines is 1. The number of rotatable bonds is 2. The number of hydrazine groups is 1. The highest BCUT2D eigenvalue weighted by molar-refractivity contribution is 5.40. The van der Waals surface area contributed by atoms with Gasteiger partial charge in [0.1, 0.15) is 5.82 Å². The second kappa shape index (κ2) is 3.94. The van der Waals surface area contributed by atoms with Crippen molar-refractivity contribution in [3.63, 3.8) is 0 Å². The first-order chi connectivity index (χ1) is 7.63. The number of pyridine rings is 1. The molecule has 2 aromatic rings. The Morgan fingerprint density at radius 3 is 2.56 bits per heavy atom. The van der Waals surface area contributed by atoms with Crippen molar-refractivity contribution in [2.45, 2.75) is 20.8 Å². The molecule has 0 saturated heterocycles. The summed E-state index contributed by atoms with van der Waals surface area (Å²) in [6, 6.07) is 5.60. The molecule has 0 aliphatic carbocycles. The van der Waals surface area contributed by atoms with Gasteiger partial charge in [0.2, 0.25) is 0 Å². The van der Waals surface area contributed by atoms with Crippen LogP contribution in [0.15, 0.2) is 18.2 Å². The second-order valence-electron chi connectivity index (χ2n) is 3.73. The third-order valence-corrected chi connectivity index (χ3v) is 2.75. The van der Waals surface area contributed by atoms with E-state index in [1.807, 2.05) is 36.7 Å². The first kappa shape index (κ1) is 10.6. The fourth-order valence-corrected chi connectivity index (χ4v) is 1.57. The van der Waals surface area contributed by atoms with E-state index >= 15 is 0 Å². The molecule has 0 fully saturated rings. The first-order valence-corrected chi connectivity index (χ1v) is 5.10. The molecule has 2 rings (SSSR count). The fraction of sp³-hybridized carbons (Fsp3) is 0.273. The van der Waals surface area contributed by atoms with Crippen molar-refractivity contribution in [3.8, 4) is 5.82 Å². The quantitative estimate of drug-likeness (QED) is 0.590. The number of aromatic nitrogens is 3. The van der Waals surface area contributed by atoms with E-state index in [0.717, 1.165) is 17.2 Å². The Bertz CT molecular complexity index is 515. The van der Waals surface area contributed by atoms with Crippen LogP contribution in [0.5, 0.6) is 0 Å². The van der Waals surface area contributed by atoms with E-state index < -0.39 is 0 Å². The minimum absolute atomic E-state index is 0.628. The van der Waals surface area contributed by atoms with E-state index in [1.165, 1.54) is 5.56 Å². The molecule has 5 heteroatoms. The SMILES string of the molecule is Cc1nn(-c2cccc(NN)n2)c(C)c1C. The first-order valence-electron chi connectivity index (χ1n) is 5.10. The summed E-state index contributed by atoms with van der Waals surface area (Å²) in [4.78, 5) is 4.34. The van der Waals surface area contributed by atoms with Crippen LogP contribution in [-0.4, -0.2) is 14.8 Å². The summed E-state index contributed by atoms with van der Waals surface area (Å²) in [6.45, 7) is 6.07. The van der Waals surface area contributed by atoms with Gasteiger partial charge in [-0.2, -0.15) is 5.10 Å². The Labute approximate surface area is 94.3 Å². The average molecular weight is 217 g/mol. The topological polar surface area (TPSA) is 68.8 Å². The van der Waals surface area contributed by atoms with Crippen molar-refractivity contribution >= 4 is 5.82 Å². The van der Waals surface area contributed by atoms with Gasteiger partial charge in [0, 0.05) is 5.69 Å². The summed E-state index contributed by atoms with van der Waals surface area (Å²) in [5.41, 5.74) is 5.83. The maximum atomic E-state index is 5.33. The number of nitrogens with one attached hydrogen (secondary N) is 1. The smallest absolute Gasteiger partial charge is 0.156 e. The molecular weight excluding hydrogens is 202 g/mol. The normalized spacial score (nSPS) is 10.5. The zero-order valence-corrected chi connectivity index (χ0v) is 9.65. The molecule has 0 radical (unpaired) electrons. The van der Waals surface area contributed by atoms with Crippen molar-refractivity contribution in [1.29, 1.82) is 0 Å². The molecule has 0 aromatic carbocycles. The number of nitrogens with two attached hydrogens (primary N) is 1. The molecular formula is C11H15N5. The van der Waals surface area contributed by atoms with Crippen LogP contribution in [-0.2, 0) is 0 Å². The molecule has 2 heterocycles. The Morgan fingerprint density at radius 2 is 2.00 bits per heavy atom. The Balaban J connectivity index is 2.54. The van der Waals surface area contributed by atoms with E-state index in [0.29, 0.717) is 5.82 Å². The number of aryl methyl sites for hydroxylation is 1. The van der Waals surface area contributed by atoms with E-state index in [2.05, 4.69) is 22.4 Å². The fourth-order valence-electron chi connectivity index (χ4n) is 1.57. The molecule has 0 saturated carbocycles. The van der Waals surface area contributed by atoms with Gasteiger partial charge >= 0.3 is 0 Å². The summed E-state index contributed by atoms with van der Waals surface area (Å²) in [5.74, 6) is 6.72. The summed E-state index contributed by atoms with van der Waals surface area (Å²) in [6.07, 6.45) is 0. The predicted molar refractivity (Wildman–Crippen MR) is 63.4 cm³/mol. The molecule has 2 aromatic heterocycles. The Kier molecular flexibility index (Phi) is 2.62. The van der Waals surface area contributed by atoms with E-state index in [4.69, 9.17) is 5.84 Å². The summed E-state index contributed by atoms with van der Waals surface area (Å²) in [5, 5.41) is 4.44. The van der Waals surface area contributed by atoms with Crippen LogP contribution >= 0.6 is 0 Å². The minimum atomic E-state index is 0.628. The summed E-state index contributed by atoms with van der Waals surface area (Å²) in [7, 11) is 0. The van der Waals surface area contributed by atoms with Gasteiger partial charge in [0.15, 0.2) is 5.82 Å². The van der Waals surface area contributed by atoms with Crippen LogP contribution in [0.2, 0.25) is 0 Å². The van der Waals surface area contributed by atoms with E-state index in [-0.39, 0.29) is 0 Å². The monoisotopic (exact) mass is 217 g/mol. The number of hydrogen-bond donors (Lipinski definition) is 2. The zero-order valence-electron chi connectivity index (χ0n) is 9.65. The molecule has 3 N–H and O–H groups in total. The largest absolute Gasteiger partial charge is 0.308 e. The maximum absolute atomic E-state index is 5.33. The summed E-state index contributed by atoms with van der Waals surface area (Å²) >= 11 is 0. The van der Waals surface area contributed by atoms with Crippen LogP contribution in [0.25, 0.3) is 5.82 Å². The van der Waals surface area contributed by atoms with Gasteiger partial charge in [0.05, 0.1) is 5.69 Å². The Morgan fingerprint density at radius 1 is 1.25 bits per heavy atom. The molecule has 84 valence electrons. The molecule has 0 atom stereocenters. The number of nitrogen functional groups attached to an aromatic ring is 1. The van der Waals surface area contributed by atoms with Crippen LogP contribution in [0.3, 0.4) is 0 Å². The van der Waals surface area contributed by atoms with Crippen LogP contribution < -0.4 is 11.3 Å². The molecule has 0 amide bonds. The third-order valence-electron chi connectivity index (χ3n) is 2.75. The van der Waals surface area contributed by atoms with Gasteiger partial charge in [-0.05, 0) is 38.5 Å². The lowest BCUT2D eigenvalue weighted by atomic mass is 10.2. The molecule has 0 bridgehead atoms. The highest BCUT2D eigenvalue weighted by Gasteiger charge is 2.09. The summed E-state index contributed by atoms with van der Waals surface area (Å²) < 4.78 is 1.82. The van der Waals surface area contributed by atoms with Crippen molar-refractivity contribution in [2.24, 2.45) is 5.84 Å². The third kappa shape index (κ3) is 1.65. The second-order valence-corrected chi connectivity index (χ2v) is 3.73. The van der Waals surface area contributed by atoms with Crippen LogP contribution in [0.4, 0.5) is 5.82 Å². The number of nitrogens with zero attached hydrogens (tertiary/aromatic N) is 3.